The van der Waals surface area contributed by atoms with Crippen LogP contribution in [0.3, 0.4) is 0 Å². The van der Waals surface area contributed by atoms with Crippen LogP contribution in [0.2, 0.25) is 58.9 Å². The number of aliphatic hydroxyl groups excluding tert-OH is 2. The van der Waals surface area contributed by atoms with Gasteiger partial charge in [-0.1, -0.05) is 13.5 Å². The van der Waals surface area contributed by atoms with E-state index in [1.54, 1.807) is 0 Å². The summed E-state index contributed by atoms with van der Waals surface area (Å²) in [5.74, 6) is -0.763. The minimum absolute atomic E-state index is 0.137. The summed E-state index contributed by atoms with van der Waals surface area (Å²) >= 11 is 0. The predicted molar refractivity (Wildman–Crippen MR) is 132 cm³/mol. The van der Waals surface area contributed by atoms with Crippen LogP contribution in [0, 0.1) is 0 Å². The second-order valence-electron chi connectivity index (χ2n) is 10.6. The topological polar surface area (TPSA) is 104 Å². The van der Waals surface area contributed by atoms with Gasteiger partial charge in [0.2, 0.25) is 6.29 Å². The lowest BCUT2D eigenvalue weighted by molar-refractivity contribution is -0.201. The molecule has 31 heavy (non-hydrogen) atoms. The fourth-order valence-corrected chi connectivity index (χ4v) is 17.0. The third kappa shape index (κ3) is 12.0. The van der Waals surface area contributed by atoms with Crippen molar-refractivity contribution < 1.29 is 36.8 Å². The molecule has 3 atom stereocenters. The summed E-state index contributed by atoms with van der Waals surface area (Å²) in [6.45, 7) is 24.9. The van der Waals surface area contributed by atoms with Crippen LogP contribution in [0.15, 0.2) is 12.2 Å². The second kappa shape index (κ2) is 11.8. The number of hydrogen-bond acceptors (Lipinski definition) is 8. The number of esters is 1. The Balaban J connectivity index is 6.20. The average Bonchev–Trinajstić information content (AvgIpc) is 2.50. The van der Waals surface area contributed by atoms with Crippen molar-refractivity contribution in [3.05, 3.63) is 12.2 Å². The highest BCUT2D eigenvalue weighted by Gasteiger charge is 2.57. The summed E-state index contributed by atoms with van der Waals surface area (Å²) in [4.78, 5) is 11.8. The van der Waals surface area contributed by atoms with E-state index in [0.29, 0.717) is 6.42 Å². The molecular weight excluding hydrogens is 469 g/mol. The van der Waals surface area contributed by atoms with Gasteiger partial charge in [0.15, 0.2) is 25.0 Å². The van der Waals surface area contributed by atoms with Crippen molar-refractivity contribution in [1.29, 1.82) is 0 Å². The first-order chi connectivity index (χ1) is 13.7. The van der Waals surface area contributed by atoms with Crippen molar-refractivity contribution in [2.75, 3.05) is 6.61 Å². The Kier molecular flexibility index (Phi) is 11.7. The smallest absolute Gasteiger partial charge is 0.430 e. The van der Waals surface area contributed by atoms with Crippen molar-refractivity contribution in [3.8, 4) is 0 Å². The van der Waals surface area contributed by atoms with Gasteiger partial charge in [-0.05, 0) is 72.3 Å². The fraction of sp³-hybridized carbons (Fsp3) is 0.842. The van der Waals surface area contributed by atoms with E-state index in [9.17, 15) is 15.0 Å². The van der Waals surface area contributed by atoms with Crippen molar-refractivity contribution in [3.63, 3.8) is 0 Å². The molecule has 0 aromatic heterocycles. The van der Waals surface area contributed by atoms with Crippen molar-refractivity contribution in [2.24, 2.45) is 0 Å². The number of rotatable bonds is 14. The molecule has 0 radical (unpaired) electrons. The summed E-state index contributed by atoms with van der Waals surface area (Å²) in [5.41, 5.74) is -0.509. The molecular formula is C19H44O8Si4. The zero-order chi connectivity index (χ0) is 24.8. The molecule has 0 spiro atoms. The van der Waals surface area contributed by atoms with E-state index in [4.69, 9.17) is 21.8 Å². The molecule has 0 fully saturated rings. The molecule has 0 saturated carbocycles. The number of aliphatic hydroxyl groups is 2. The van der Waals surface area contributed by atoms with Crippen LogP contribution in [0.4, 0.5) is 0 Å². The third-order valence-corrected chi connectivity index (χ3v) is 15.6. The molecule has 0 aliphatic carbocycles. The Morgan fingerprint density at radius 2 is 1.29 bits per heavy atom. The lowest BCUT2D eigenvalue weighted by Crippen LogP contribution is -2.68. The highest BCUT2D eigenvalue weighted by atomic mass is 28.5. The molecule has 2 N–H and O–H groups in total. The molecule has 0 heterocycles. The maximum absolute atomic E-state index is 11.8. The van der Waals surface area contributed by atoms with Crippen LogP contribution >= 0.6 is 0 Å². The lowest BCUT2D eigenvalue weighted by Gasteiger charge is -2.46. The van der Waals surface area contributed by atoms with Gasteiger partial charge < -0.3 is 32.0 Å². The van der Waals surface area contributed by atoms with Crippen LogP contribution in [-0.4, -0.2) is 74.7 Å². The quantitative estimate of drug-likeness (QED) is 0.157. The van der Waals surface area contributed by atoms with Crippen molar-refractivity contribution in [1.82, 2.24) is 0 Å². The van der Waals surface area contributed by atoms with E-state index in [-0.39, 0.29) is 5.57 Å². The first kappa shape index (κ1) is 30.8. The Bertz CT molecular complexity index is 554. The minimum atomic E-state index is -3.44. The molecule has 0 aliphatic heterocycles. The zero-order valence-electron chi connectivity index (χ0n) is 21.2. The standard InChI is InChI=1S/C19H44O8Si4/c1-13-17(23-16(14-20)19(22)24-18(21)15(2)3)31(25-28(4,5)6,26-29(7,8)9)27-30(10,11)12/h16-17,19-20,22H,2,13-14H2,1,3-12H3. The molecule has 0 bridgehead atoms. The monoisotopic (exact) mass is 512 g/mol. The molecule has 12 heteroatoms. The van der Waals surface area contributed by atoms with Gasteiger partial charge >= 0.3 is 14.8 Å². The Labute approximate surface area is 192 Å². The van der Waals surface area contributed by atoms with E-state index in [0.717, 1.165) is 0 Å². The van der Waals surface area contributed by atoms with E-state index < -0.39 is 64.5 Å². The van der Waals surface area contributed by atoms with Crippen LogP contribution in [0.5, 0.6) is 0 Å². The molecule has 0 aromatic carbocycles. The summed E-state index contributed by atoms with van der Waals surface area (Å²) in [5, 5.41) is 20.3. The van der Waals surface area contributed by atoms with Gasteiger partial charge in [-0.2, -0.15) is 0 Å². The van der Waals surface area contributed by atoms with Gasteiger partial charge in [0.25, 0.3) is 0 Å². The second-order valence-corrected chi connectivity index (χ2v) is 27.6. The number of carbonyl (C=O) groups excluding carboxylic acids is 1. The molecule has 184 valence electrons. The summed E-state index contributed by atoms with van der Waals surface area (Å²) in [6, 6.07) is 0. The number of ether oxygens (including phenoxy) is 2. The number of carbonyl (C=O) groups is 1. The molecule has 8 nitrogen and oxygen atoms in total. The third-order valence-electron chi connectivity index (χ3n) is 3.52. The maximum atomic E-state index is 11.8. The molecule has 0 rings (SSSR count). The molecule has 0 saturated heterocycles. The fourth-order valence-electron chi connectivity index (χ4n) is 2.67. The van der Waals surface area contributed by atoms with Gasteiger partial charge in [0, 0.05) is 5.57 Å². The van der Waals surface area contributed by atoms with Crippen LogP contribution in [0.1, 0.15) is 20.3 Å². The zero-order valence-corrected chi connectivity index (χ0v) is 25.2. The van der Waals surface area contributed by atoms with Crippen LogP contribution in [0.25, 0.3) is 0 Å². The van der Waals surface area contributed by atoms with Gasteiger partial charge in [-0.25, -0.2) is 4.79 Å². The minimum Gasteiger partial charge on any atom is -0.430 e. The van der Waals surface area contributed by atoms with E-state index >= 15 is 0 Å². The van der Waals surface area contributed by atoms with Gasteiger partial charge in [-0.3, -0.25) is 0 Å². The van der Waals surface area contributed by atoms with E-state index in [2.05, 4.69) is 65.5 Å². The summed E-state index contributed by atoms with van der Waals surface area (Å²) in [7, 11) is -9.87. The Morgan fingerprint density at radius 1 is 0.903 bits per heavy atom. The number of hydrogen-bond donors (Lipinski definition) is 2. The molecule has 0 amide bonds. The highest BCUT2D eigenvalue weighted by Crippen LogP contribution is 2.32. The first-order valence-corrected chi connectivity index (χ1v) is 22.7. The Morgan fingerprint density at radius 3 is 1.55 bits per heavy atom. The van der Waals surface area contributed by atoms with Crippen LogP contribution in [-0.2, 0) is 26.6 Å². The highest BCUT2D eigenvalue weighted by molar-refractivity contribution is 6.90. The first-order valence-electron chi connectivity index (χ1n) is 10.7. The van der Waals surface area contributed by atoms with Crippen molar-refractivity contribution >= 4 is 39.7 Å². The molecule has 3 unspecified atom stereocenters. The van der Waals surface area contributed by atoms with E-state index in [1.807, 2.05) is 6.92 Å². The van der Waals surface area contributed by atoms with Gasteiger partial charge in [-0.15, -0.1) is 0 Å². The maximum Gasteiger partial charge on any atom is 0.500 e. The largest absolute Gasteiger partial charge is 0.500 e. The summed E-state index contributed by atoms with van der Waals surface area (Å²) in [6.07, 6.45) is -2.37. The van der Waals surface area contributed by atoms with Crippen molar-refractivity contribution in [2.45, 2.75) is 97.3 Å². The van der Waals surface area contributed by atoms with Gasteiger partial charge in [0.1, 0.15) is 11.8 Å². The normalized spacial score (nSPS) is 16.5. The van der Waals surface area contributed by atoms with E-state index in [1.165, 1.54) is 6.92 Å². The summed E-state index contributed by atoms with van der Waals surface area (Å²) < 4.78 is 31.1. The molecule has 0 aliphatic rings. The molecule has 0 aromatic rings. The van der Waals surface area contributed by atoms with Gasteiger partial charge in [0.05, 0.1) is 6.61 Å². The lowest BCUT2D eigenvalue weighted by atomic mass is 10.3. The predicted octanol–water partition coefficient (Wildman–Crippen LogP) is 3.61. The SMILES string of the molecule is C=C(C)C(=O)OC(O)C(CO)OC(CC)[Si](O[Si](C)(C)C)(O[Si](C)(C)C)O[Si](C)(C)C. The average molecular weight is 513 g/mol. The Hall–Kier alpha value is -0.162. The van der Waals surface area contributed by atoms with Crippen LogP contribution < -0.4 is 0 Å².